The van der Waals surface area contributed by atoms with E-state index in [0.717, 1.165) is 6.42 Å². The van der Waals surface area contributed by atoms with Crippen molar-refractivity contribution in [2.45, 2.75) is 44.6 Å². The van der Waals surface area contributed by atoms with Crippen molar-refractivity contribution < 1.29 is 19.1 Å². The predicted molar refractivity (Wildman–Crippen MR) is 71.6 cm³/mol. The number of carbonyl (C=O) groups is 3. The molecule has 0 aromatic carbocycles. The van der Waals surface area contributed by atoms with E-state index in [-0.39, 0.29) is 24.9 Å². The van der Waals surface area contributed by atoms with Gasteiger partial charge in [0.1, 0.15) is 12.6 Å². The molecular weight excluding hydrogens is 260 g/mol. The second-order valence-corrected chi connectivity index (χ2v) is 5.72. The van der Waals surface area contributed by atoms with Crippen LogP contribution < -0.4 is 11.1 Å². The molecule has 20 heavy (non-hydrogen) atoms. The molecule has 0 radical (unpaired) electrons. The maximum atomic E-state index is 11.9. The van der Waals surface area contributed by atoms with Gasteiger partial charge in [0, 0.05) is 6.42 Å². The Labute approximate surface area is 118 Å². The molecule has 0 aromatic rings. The number of hydrogen-bond acceptors (Lipinski definition) is 4. The van der Waals surface area contributed by atoms with Gasteiger partial charge < -0.3 is 15.8 Å². The minimum Gasteiger partial charge on any atom is -0.373 e. The van der Waals surface area contributed by atoms with Gasteiger partial charge >= 0.3 is 0 Å². The summed E-state index contributed by atoms with van der Waals surface area (Å²) in [5, 5.41) is 2.65. The molecule has 0 aromatic heterocycles. The molecule has 1 heterocycles. The van der Waals surface area contributed by atoms with Crippen molar-refractivity contribution in [3.63, 3.8) is 0 Å². The van der Waals surface area contributed by atoms with E-state index >= 15 is 0 Å². The first-order chi connectivity index (χ1) is 9.58. The molecule has 1 aliphatic heterocycles. The van der Waals surface area contributed by atoms with E-state index in [1.54, 1.807) is 0 Å². The molecule has 2 aliphatic rings. The van der Waals surface area contributed by atoms with Crippen molar-refractivity contribution in [1.29, 1.82) is 0 Å². The first-order valence-electron chi connectivity index (χ1n) is 7.27. The Hall–Kier alpha value is -1.43. The van der Waals surface area contributed by atoms with Crippen LogP contribution in [0, 0.1) is 11.8 Å². The van der Waals surface area contributed by atoms with E-state index in [2.05, 4.69) is 5.32 Å². The fourth-order valence-corrected chi connectivity index (χ4v) is 3.00. The van der Waals surface area contributed by atoms with Crippen molar-refractivity contribution in [2.75, 3.05) is 13.2 Å². The molecule has 3 N–H and O–H groups in total. The third kappa shape index (κ3) is 3.79. The minimum absolute atomic E-state index is 0.0721. The van der Waals surface area contributed by atoms with Crippen molar-refractivity contribution in [3.05, 3.63) is 0 Å². The molecule has 2 atom stereocenters. The Morgan fingerprint density at radius 1 is 1.30 bits per heavy atom. The van der Waals surface area contributed by atoms with Crippen LogP contribution in [-0.4, -0.2) is 36.9 Å². The van der Waals surface area contributed by atoms with Crippen molar-refractivity contribution in [3.8, 4) is 0 Å². The zero-order chi connectivity index (χ0) is 14.5. The Morgan fingerprint density at radius 2 is 2.00 bits per heavy atom. The number of nitrogens with two attached hydrogens (primary N) is 1. The Bertz CT molecular complexity index is 391. The molecule has 6 nitrogen and oxygen atoms in total. The fourth-order valence-electron chi connectivity index (χ4n) is 3.00. The largest absolute Gasteiger partial charge is 0.373 e. The van der Waals surface area contributed by atoms with E-state index in [1.165, 1.54) is 25.7 Å². The van der Waals surface area contributed by atoms with Gasteiger partial charge in [0.15, 0.2) is 5.78 Å². The molecule has 0 bridgehead atoms. The molecule has 2 unspecified atom stereocenters. The molecular formula is C14H22N2O4. The summed E-state index contributed by atoms with van der Waals surface area (Å²) in [5.74, 6) is -1.21. The third-order valence-electron chi connectivity index (χ3n) is 4.23. The van der Waals surface area contributed by atoms with E-state index in [9.17, 15) is 14.4 Å². The molecule has 2 rings (SSSR count). The molecule has 1 saturated carbocycles. The number of ether oxygens (including phenoxy) is 1. The second-order valence-electron chi connectivity index (χ2n) is 5.72. The van der Waals surface area contributed by atoms with Crippen LogP contribution in [0.15, 0.2) is 0 Å². The van der Waals surface area contributed by atoms with Crippen LogP contribution >= 0.6 is 0 Å². The normalized spacial score (nSPS) is 27.5. The first-order valence-corrected chi connectivity index (χ1v) is 7.27. The molecule has 0 spiro atoms. The van der Waals surface area contributed by atoms with Gasteiger partial charge in [-0.25, -0.2) is 0 Å². The monoisotopic (exact) mass is 282 g/mol. The SMILES string of the molecule is NC(=O)C1COCC(=O)C1NC(=O)CCC1CCCC1. The van der Waals surface area contributed by atoms with Crippen LogP contribution in [0.2, 0.25) is 0 Å². The van der Waals surface area contributed by atoms with Gasteiger partial charge in [0.25, 0.3) is 0 Å². The Morgan fingerprint density at radius 3 is 2.65 bits per heavy atom. The van der Waals surface area contributed by atoms with Crippen molar-refractivity contribution in [2.24, 2.45) is 17.6 Å². The fraction of sp³-hybridized carbons (Fsp3) is 0.786. The van der Waals surface area contributed by atoms with Crippen LogP contribution in [0.4, 0.5) is 0 Å². The molecule has 2 fully saturated rings. The zero-order valence-corrected chi connectivity index (χ0v) is 11.6. The van der Waals surface area contributed by atoms with Crippen LogP contribution in [0.5, 0.6) is 0 Å². The lowest BCUT2D eigenvalue weighted by Gasteiger charge is -2.28. The lowest BCUT2D eigenvalue weighted by atomic mass is 9.93. The minimum atomic E-state index is -0.822. The number of hydrogen-bond donors (Lipinski definition) is 2. The highest BCUT2D eigenvalue weighted by molar-refractivity contribution is 5.95. The molecule has 112 valence electrons. The standard InChI is InChI=1S/C14H22N2O4/c15-14(19)10-7-20-8-11(17)13(10)16-12(18)6-5-9-3-1-2-4-9/h9-10,13H,1-8H2,(H2,15,19)(H,16,18). The Balaban J connectivity index is 1.83. The van der Waals surface area contributed by atoms with Crippen LogP contribution in [0.25, 0.3) is 0 Å². The van der Waals surface area contributed by atoms with Crippen LogP contribution in [0.3, 0.4) is 0 Å². The maximum absolute atomic E-state index is 11.9. The summed E-state index contributed by atoms with van der Waals surface area (Å²) in [7, 11) is 0. The molecule has 2 amide bonds. The highest BCUT2D eigenvalue weighted by Crippen LogP contribution is 2.28. The average molecular weight is 282 g/mol. The summed E-state index contributed by atoms with van der Waals surface area (Å²) in [6.45, 7) is 0.0198. The predicted octanol–water partition coefficient (Wildman–Crippen LogP) is 0.142. The topological polar surface area (TPSA) is 98.5 Å². The van der Waals surface area contributed by atoms with Gasteiger partial charge in [-0.3, -0.25) is 14.4 Å². The number of carbonyl (C=O) groups excluding carboxylic acids is 3. The van der Waals surface area contributed by atoms with Crippen LogP contribution in [0.1, 0.15) is 38.5 Å². The van der Waals surface area contributed by atoms with Gasteiger partial charge in [0.2, 0.25) is 11.8 Å². The van der Waals surface area contributed by atoms with E-state index in [1.807, 2.05) is 0 Å². The average Bonchev–Trinajstić information content (AvgIpc) is 2.91. The van der Waals surface area contributed by atoms with Gasteiger partial charge in [-0.05, 0) is 12.3 Å². The number of nitrogens with one attached hydrogen (secondary N) is 1. The maximum Gasteiger partial charge on any atom is 0.225 e. The van der Waals surface area contributed by atoms with Crippen LogP contribution in [-0.2, 0) is 19.1 Å². The highest BCUT2D eigenvalue weighted by Gasteiger charge is 2.37. The van der Waals surface area contributed by atoms with Gasteiger partial charge in [-0.15, -0.1) is 0 Å². The summed E-state index contributed by atoms with van der Waals surface area (Å²) in [6, 6.07) is -0.822. The van der Waals surface area contributed by atoms with Gasteiger partial charge in [-0.1, -0.05) is 25.7 Å². The lowest BCUT2D eigenvalue weighted by molar-refractivity contribution is -0.143. The molecule has 6 heteroatoms. The molecule has 1 aliphatic carbocycles. The smallest absolute Gasteiger partial charge is 0.225 e. The second kappa shape index (κ2) is 6.83. The van der Waals surface area contributed by atoms with Crippen molar-refractivity contribution >= 4 is 17.6 Å². The van der Waals surface area contributed by atoms with Gasteiger partial charge in [-0.2, -0.15) is 0 Å². The number of amides is 2. The number of Topliss-reactive ketones (excluding diaryl/α,β-unsaturated/α-hetero) is 1. The Kier molecular flexibility index (Phi) is 5.11. The van der Waals surface area contributed by atoms with Crippen molar-refractivity contribution in [1.82, 2.24) is 5.32 Å². The summed E-state index contributed by atoms with van der Waals surface area (Å²) >= 11 is 0. The summed E-state index contributed by atoms with van der Waals surface area (Å²) < 4.78 is 5.01. The highest BCUT2D eigenvalue weighted by atomic mass is 16.5. The van der Waals surface area contributed by atoms with E-state index < -0.39 is 17.9 Å². The summed E-state index contributed by atoms with van der Waals surface area (Å²) in [5.41, 5.74) is 5.25. The van der Waals surface area contributed by atoms with Gasteiger partial charge in [0.05, 0.1) is 12.5 Å². The van der Waals surface area contributed by atoms with E-state index in [0.29, 0.717) is 12.3 Å². The summed E-state index contributed by atoms with van der Waals surface area (Å²) in [4.78, 5) is 35.0. The lowest BCUT2D eigenvalue weighted by Crippen LogP contribution is -2.55. The number of rotatable bonds is 5. The zero-order valence-electron chi connectivity index (χ0n) is 11.6. The van der Waals surface area contributed by atoms with E-state index in [4.69, 9.17) is 10.5 Å². The summed E-state index contributed by atoms with van der Waals surface area (Å²) in [6.07, 6.45) is 6.12. The first kappa shape index (κ1) is 15.0. The quantitative estimate of drug-likeness (QED) is 0.749. The number of ketones is 1. The number of primary amides is 1. The molecule has 1 saturated heterocycles. The third-order valence-corrected chi connectivity index (χ3v) is 4.23.